The molecule has 0 radical (unpaired) electrons. The minimum Gasteiger partial charge on any atom is -0.330 e. The fourth-order valence-corrected chi connectivity index (χ4v) is 4.50. The molecule has 0 saturated heterocycles. The van der Waals surface area contributed by atoms with E-state index in [-0.39, 0.29) is 0 Å². The first kappa shape index (κ1) is 19.8. The summed E-state index contributed by atoms with van der Waals surface area (Å²) < 4.78 is 2.28. The molecule has 4 rings (SSSR count). The van der Waals surface area contributed by atoms with Crippen LogP contribution < -0.4 is 11.1 Å². The summed E-state index contributed by atoms with van der Waals surface area (Å²) in [5.41, 5.74) is 10.7. The summed E-state index contributed by atoms with van der Waals surface area (Å²) in [5.74, 6) is 1.11. The van der Waals surface area contributed by atoms with Crippen molar-refractivity contribution in [3.05, 3.63) is 72.3 Å². The highest BCUT2D eigenvalue weighted by molar-refractivity contribution is 5.76. The van der Waals surface area contributed by atoms with Crippen molar-refractivity contribution in [3.8, 4) is 0 Å². The second-order valence-corrected chi connectivity index (χ2v) is 7.91. The highest BCUT2D eigenvalue weighted by Crippen LogP contribution is 2.29. The van der Waals surface area contributed by atoms with Crippen molar-refractivity contribution < 1.29 is 0 Å². The van der Waals surface area contributed by atoms with Crippen molar-refractivity contribution in [3.63, 3.8) is 0 Å². The molecule has 1 aliphatic carbocycles. The Morgan fingerprint density at radius 2 is 2.17 bits per heavy atom. The number of imidazole rings is 1. The topological polar surface area (TPSA) is 68.8 Å². The minimum absolute atomic E-state index is 0.306. The SMILES string of the molecule is C=CCn1c(CC(CCCN)NC2CCCc3cccnc32)nc2ccccc21. The summed E-state index contributed by atoms with van der Waals surface area (Å²) in [6.07, 6.45) is 10.2. The molecule has 1 aliphatic rings. The molecule has 5 heteroatoms. The lowest BCUT2D eigenvalue weighted by Gasteiger charge is -2.30. The maximum absolute atomic E-state index is 5.84. The van der Waals surface area contributed by atoms with Crippen LogP contribution in [0.15, 0.2) is 55.3 Å². The van der Waals surface area contributed by atoms with Crippen LogP contribution in [0.2, 0.25) is 0 Å². The quantitative estimate of drug-likeness (QED) is 0.544. The molecule has 2 aromatic heterocycles. The third-order valence-electron chi connectivity index (χ3n) is 5.86. The minimum atomic E-state index is 0.306. The Bertz CT molecular complexity index is 961. The van der Waals surface area contributed by atoms with E-state index in [4.69, 9.17) is 15.7 Å². The lowest BCUT2D eigenvalue weighted by Crippen LogP contribution is -2.37. The molecule has 29 heavy (non-hydrogen) atoms. The van der Waals surface area contributed by atoms with Gasteiger partial charge in [-0.2, -0.15) is 0 Å². The van der Waals surface area contributed by atoms with Crippen molar-refractivity contribution in [2.45, 2.75) is 57.2 Å². The van der Waals surface area contributed by atoms with E-state index in [0.29, 0.717) is 18.6 Å². The molecule has 3 N–H and O–H groups in total. The summed E-state index contributed by atoms with van der Waals surface area (Å²) in [4.78, 5) is 9.65. The Labute approximate surface area is 173 Å². The van der Waals surface area contributed by atoms with Gasteiger partial charge in [0.2, 0.25) is 0 Å². The number of nitrogens with two attached hydrogens (primary N) is 1. The van der Waals surface area contributed by atoms with Crippen LogP contribution in [-0.4, -0.2) is 27.1 Å². The molecule has 2 heterocycles. The number of benzene rings is 1. The van der Waals surface area contributed by atoms with Gasteiger partial charge < -0.3 is 15.6 Å². The lowest BCUT2D eigenvalue weighted by molar-refractivity contribution is 0.361. The Kier molecular flexibility index (Phi) is 6.37. The summed E-state index contributed by atoms with van der Waals surface area (Å²) in [7, 11) is 0. The number of fused-ring (bicyclic) bond motifs is 2. The largest absolute Gasteiger partial charge is 0.330 e. The zero-order chi connectivity index (χ0) is 20.1. The van der Waals surface area contributed by atoms with Gasteiger partial charge in [0.05, 0.1) is 16.7 Å². The van der Waals surface area contributed by atoms with Gasteiger partial charge in [0.1, 0.15) is 5.82 Å². The number of aryl methyl sites for hydroxylation is 1. The predicted molar refractivity (Wildman–Crippen MR) is 119 cm³/mol. The lowest BCUT2D eigenvalue weighted by atomic mass is 9.90. The Hall–Kier alpha value is -2.50. The van der Waals surface area contributed by atoms with Crippen molar-refractivity contribution >= 4 is 11.0 Å². The number of hydrogen-bond acceptors (Lipinski definition) is 4. The fourth-order valence-electron chi connectivity index (χ4n) is 4.50. The van der Waals surface area contributed by atoms with E-state index in [1.54, 1.807) is 0 Å². The van der Waals surface area contributed by atoms with E-state index in [1.807, 2.05) is 24.4 Å². The molecule has 2 atom stereocenters. The average Bonchev–Trinajstić information content (AvgIpc) is 3.10. The van der Waals surface area contributed by atoms with E-state index in [0.717, 1.165) is 50.0 Å². The number of pyridine rings is 1. The standard InChI is InChI=1S/C24H31N5/c1-2-16-29-22-13-4-3-11-20(22)28-23(29)17-19(10-6-14-25)27-21-12-5-8-18-9-7-15-26-24(18)21/h2-4,7,9,11,13,15,19,21,27H,1,5-6,8,10,12,14,16-17,25H2. The monoisotopic (exact) mass is 389 g/mol. The number of rotatable bonds is 9. The maximum Gasteiger partial charge on any atom is 0.111 e. The van der Waals surface area contributed by atoms with Gasteiger partial charge in [-0.25, -0.2) is 4.98 Å². The maximum atomic E-state index is 5.84. The van der Waals surface area contributed by atoms with Gasteiger partial charge >= 0.3 is 0 Å². The molecule has 3 aromatic rings. The summed E-state index contributed by atoms with van der Waals surface area (Å²) >= 11 is 0. The molecule has 0 amide bonds. The van der Waals surface area contributed by atoms with Crippen LogP contribution >= 0.6 is 0 Å². The van der Waals surface area contributed by atoms with E-state index in [9.17, 15) is 0 Å². The van der Waals surface area contributed by atoms with E-state index < -0.39 is 0 Å². The molecule has 0 fully saturated rings. The zero-order valence-electron chi connectivity index (χ0n) is 17.1. The van der Waals surface area contributed by atoms with Crippen LogP contribution in [0, 0.1) is 0 Å². The van der Waals surface area contributed by atoms with E-state index in [1.165, 1.54) is 23.2 Å². The predicted octanol–water partition coefficient (Wildman–Crippen LogP) is 3.93. The summed E-state index contributed by atoms with van der Waals surface area (Å²) in [5, 5.41) is 3.91. The third kappa shape index (κ3) is 4.41. The van der Waals surface area contributed by atoms with Gasteiger partial charge in [0, 0.05) is 31.2 Å². The molecule has 0 aliphatic heterocycles. The number of para-hydroxylation sites is 2. The smallest absolute Gasteiger partial charge is 0.111 e. The first-order chi connectivity index (χ1) is 14.3. The molecule has 5 nitrogen and oxygen atoms in total. The third-order valence-corrected chi connectivity index (χ3v) is 5.86. The number of nitrogens with one attached hydrogen (secondary N) is 1. The highest BCUT2D eigenvalue weighted by Gasteiger charge is 2.25. The van der Waals surface area contributed by atoms with Gasteiger partial charge in [-0.1, -0.05) is 24.3 Å². The van der Waals surface area contributed by atoms with Gasteiger partial charge in [-0.3, -0.25) is 4.98 Å². The first-order valence-electron chi connectivity index (χ1n) is 10.7. The molecule has 0 saturated carbocycles. The molecule has 2 unspecified atom stereocenters. The van der Waals surface area contributed by atoms with Gasteiger partial charge in [0.15, 0.2) is 0 Å². The number of nitrogens with zero attached hydrogens (tertiary/aromatic N) is 3. The average molecular weight is 390 g/mol. The van der Waals surface area contributed by atoms with E-state index in [2.05, 4.69) is 40.7 Å². The molecular formula is C24H31N5. The Morgan fingerprint density at radius 3 is 3.03 bits per heavy atom. The zero-order valence-corrected chi connectivity index (χ0v) is 17.1. The summed E-state index contributed by atoms with van der Waals surface area (Å²) in [6.45, 7) is 5.42. The van der Waals surface area contributed by atoms with Crippen molar-refractivity contribution in [1.82, 2.24) is 19.9 Å². The van der Waals surface area contributed by atoms with Gasteiger partial charge in [0.25, 0.3) is 0 Å². The van der Waals surface area contributed by atoms with Gasteiger partial charge in [-0.05, 0) is 62.4 Å². The van der Waals surface area contributed by atoms with Gasteiger partial charge in [-0.15, -0.1) is 6.58 Å². The highest BCUT2D eigenvalue weighted by atomic mass is 15.1. The van der Waals surface area contributed by atoms with Crippen LogP contribution in [0.4, 0.5) is 0 Å². The Morgan fingerprint density at radius 1 is 1.28 bits per heavy atom. The number of aromatic nitrogens is 3. The number of hydrogen-bond donors (Lipinski definition) is 2. The second-order valence-electron chi connectivity index (χ2n) is 7.91. The second kappa shape index (κ2) is 9.33. The number of allylic oxidation sites excluding steroid dienone is 1. The van der Waals surface area contributed by atoms with Crippen LogP contribution in [0.1, 0.15) is 48.8 Å². The van der Waals surface area contributed by atoms with E-state index >= 15 is 0 Å². The normalized spacial score (nSPS) is 17.2. The molecular weight excluding hydrogens is 358 g/mol. The molecule has 1 aromatic carbocycles. The molecule has 0 bridgehead atoms. The summed E-state index contributed by atoms with van der Waals surface area (Å²) in [6, 6.07) is 13.2. The van der Waals surface area contributed by atoms with Crippen LogP contribution in [-0.2, 0) is 19.4 Å². The van der Waals surface area contributed by atoms with Crippen molar-refractivity contribution in [2.24, 2.45) is 5.73 Å². The van der Waals surface area contributed by atoms with Crippen molar-refractivity contribution in [1.29, 1.82) is 0 Å². The van der Waals surface area contributed by atoms with Crippen LogP contribution in [0.5, 0.6) is 0 Å². The Balaban J connectivity index is 1.59. The van der Waals surface area contributed by atoms with Crippen LogP contribution in [0.25, 0.3) is 11.0 Å². The van der Waals surface area contributed by atoms with Crippen molar-refractivity contribution in [2.75, 3.05) is 6.54 Å². The molecule has 0 spiro atoms. The molecule has 152 valence electrons. The fraction of sp³-hybridized carbons (Fsp3) is 0.417. The van der Waals surface area contributed by atoms with Crippen LogP contribution in [0.3, 0.4) is 0 Å². The first-order valence-corrected chi connectivity index (χ1v) is 10.7.